The second-order valence-corrected chi connectivity index (χ2v) is 5.83. The van der Waals surface area contributed by atoms with Gasteiger partial charge in [-0.2, -0.15) is 0 Å². The molecule has 0 heterocycles. The van der Waals surface area contributed by atoms with Crippen LogP contribution in [0.3, 0.4) is 0 Å². The maximum absolute atomic E-state index is 11.7. The molecule has 0 spiro atoms. The van der Waals surface area contributed by atoms with Crippen LogP contribution in [0.25, 0.3) is 0 Å². The first-order chi connectivity index (χ1) is 7.62. The van der Waals surface area contributed by atoms with E-state index in [1.807, 2.05) is 38.9 Å². The highest BCUT2D eigenvalue weighted by molar-refractivity contribution is 5.82. The predicted octanol–water partition coefficient (Wildman–Crippen LogP) is 2.86. The van der Waals surface area contributed by atoms with E-state index in [4.69, 9.17) is 4.74 Å². The van der Waals surface area contributed by atoms with E-state index in [0.29, 0.717) is 0 Å². The molecule has 0 saturated heterocycles. The third-order valence-corrected chi connectivity index (χ3v) is 3.59. The Bertz CT molecular complexity index is 278. The minimum Gasteiger partial charge on any atom is -0.456 e. The van der Waals surface area contributed by atoms with E-state index in [9.17, 15) is 4.79 Å². The molecule has 0 aromatic carbocycles. The second-order valence-electron chi connectivity index (χ2n) is 5.83. The summed E-state index contributed by atoms with van der Waals surface area (Å²) >= 11 is 0. The zero-order valence-corrected chi connectivity index (χ0v) is 12.3. The smallest absolute Gasteiger partial charge is 0.331 e. The van der Waals surface area contributed by atoms with Gasteiger partial charge in [0.2, 0.25) is 0 Å². The van der Waals surface area contributed by atoms with Crippen molar-refractivity contribution in [2.24, 2.45) is 5.41 Å². The molecule has 0 aliphatic rings. The van der Waals surface area contributed by atoms with E-state index in [2.05, 4.69) is 20.8 Å². The normalized spacial score (nSPS) is 13.4. The maximum Gasteiger partial charge on any atom is 0.331 e. The molecule has 17 heavy (non-hydrogen) atoms. The molecular weight excluding hydrogens is 214 g/mol. The van der Waals surface area contributed by atoms with E-state index in [1.165, 1.54) is 6.08 Å². The number of carbonyl (C=O) groups excluding carboxylic acids is 1. The van der Waals surface area contributed by atoms with Crippen LogP contribution in [0.15, 0.2) is 12.2 Å². The largest absolute Gasteiger partial charge is 0.456 e. The lowest BCUT2D eigenvalue weighted by molar-refractivity contribution is -0.162. The van der Waals surface area contributed by atoms with Crippen LogP contribution in [-0.2, 0) is 9.53 Å². The van der Waals surface area contributed by atoms with E-state index in [0.717, 1.165) is 13.0 Å². The van der Waals surface area contributed by atoms with Crippen LogP contribution in [0.4, 0.5) is 0 Å². The molecule has 0 unspecified atom stereocenters. The van der Waals surface area contributed by atoms with Crippen LogP contribution < -0.4 is 0 Å². The van der Waals surface area contributed by atoms with Gasteiger partial charge in [0.25, 0.3) is 0 Å². The van der Waals surface area contributed by atoms with Crippen molar-refractivity contribution >= 4 is 5.97 Å². The van der Waals surface area contributed by atoms with Crippen molar-refractivity contribution in [1.82, 2.24) is 4.90 Å². The summed E-state index contributed by atoms with van der Waals surface area (Å²) in [6.45, 7) is 11.0. The van der Waals surface area contributed by atoms with Crippen LogP contribution in [0.5, 0.6) is 0 Å². The maximum atomic E-state index is 11.7. The highest BCUT2D eigenvalue weighted by Crippen LogP contribution is 2.36. The van der Waals surface area contributed by atoms with Crippen LogP contribution in [-0.4, -0.2) is 37.1 Å². The minimum absolute atomic E-state index is 0.0297. The van der Waals surface area contributed by atoms with E-state index >= 15 is 0 Å². The summed E-state index contributed by atoms with van der Waals surface area (Å²) in [4.78, 5) is 13.7. The molecule has 0 radical (unpaired) electrons. The van der Waals surface area contributed by atoms with Crippen LogP contribution >= 0.6 is 0 Å². The van der Waals surface area contributed by atoms with E-state index < -0.39 is 5.60 Å². The highest BCUT2D eigenvalue weighted by atomic mass is 16.6. The summed E-state index contributed by atoms with van der Waals surface area (Å²) < 4.78 is 5.53. The molecule has 0 atom stereocenters. The molecule has 0 aliphatic carbocycles. The molecule has 0 bridgehead atoms. The number of carbonyl (C=O) groups is 1. The Kier molecular flexibility index (Phi) is 5.89. The average molecular weight is 241 g/mol. The first-order valence-electron chi connectivity index (χ1n) is 6.16. The van der Waals surface area contributed by atoms with E-state index in [-0.39, 0.29) is 11.4 Å². The fraction of sp³-hybridized carbons (Fsp3) is 0.786. The summed E-state index contributed by atoms with van der Waals surface area (Å²) in [5.74, 6) is -0.265. The monoisotopic (exact) mass is 241 g/mol. The fourth-order valence-electron chi connectivity index (χ4n) is 1.21. The lowest BCUT2D eigenvalue weighted by Gasteiger charge is -2.40. The van der Waals surface area contributed by atoms with Crippen LogP contribution in [0.2, 0.25) is 0 Å². The van der Waals surface area contributed by atoms with Crippen LogP contribution in [0.1, 0.15) is 41.0 Å². The summed E-state index contributed by atoms with van der Waals surface area (Å²) in [5, 5.41) is 0. The summed E-state index contributed by atoms with van der Waals surface area (Å²) in [7, 11) is 3.92. The number of hydrogen-bond donors (Lipinski definition) is 0. The summed E-state index contributed by atoms with van der Waals surface area (Å²) in [6.07, 6.45) is 4.29. The van der Waals surface area contributed by atoms with Crippen molar-refractivity contribution in [2.45, 2.75) is 46.6 Å². The van der Waals surface area contributed by atoms with Gasteiger partial charge in [-0.1, -0.05) is 26.8 Å². The molecule has 0 aromatic rings. The molecule has 0 saturated carbocycles. The van der Waals surface area contributed by atoms with E-state index in [1.54, 1.807) is 0 Å². The van der Waals surface area contributed by atoms with Gasteiger partial charge in [0.1, 0.15) is 5.60 Å². The van der Waals surface area contributed by atoms with Crippen molar-refractivity contribution in [2.75, 3.05) is 20.6 Å². The topological polar surface area (TPSA) is 29.5 Å². The Hall–Kier alpha value is -0.830. The van der Waals surface area contributed by atoms with Gasteiger partial charge < -0.3 is 9.64 Å². The molecule has 3 nitrogen and oxygen atoms in total. The quantitative estimate of drug-likeness (QED) is 0.529. The van der Waals surface area contributed by atoms with Gasteiger partial charge in [0.05, 0.1) is 0 Å². The molecule has 0 aliphatic heterocycles. The van der Waals surface area contributed by atoms with Crippen molar-refractivity contribution in [1.29, 1.82) is 0 Å². The van der Waals surface area contributed by atoms with Crippen molar-refractivity contribution in [3.63, 3.8) is 0 Å². The van der Waals surface area contributed by atoms with Gasteiger partial charge in [0, 0.05) is 18.0 Å². The number of hydrogen-bond acceptors (Lipinski definition) is 3. The first kappa shape index (κ1) is 16.2. The lowest BCUT2D eigenvalue weighted by atomic mass is 9.75. The highest BCUT2D eigenvalue weighted by Gasteiger charge is 2.38. The molecular formula is C14H27NO2. The Morgan fingerprint density at radius 2 is 1.76 bits per heavy atom. The lowest BCUT2D eigenvalue weighted by Crippen LogP contribution is -2.42. The van der Waals surface area contributed by atoms with Gasteiger partial charge in [0.15, 0.2) is 0 Å². The summed E-state index contributed by atoms with van der Waals surface area (Å²) in [6, 6.07) is 0. The number of rotatable bonds is 6. The third-order valence-electron chi connectivity index (χ3n) is 3.59. The third kappa shape index (κ3) is 5.35. The zero-order chi connectivity index (χ0) is 13.7. The molecule has 0 fully saturated rings. The Balaban J connectivity index is 4.43. The standard InChI is InChI=1S/C14H27NO2/c1-8-13(2,3)14(4,5)17-12(16)10-9-11-15(6)7/h9-10H,8,11H2,1-7H3/b10-9+. The zero-order valence-electron chi connectivity index (χ0n) is 12.3. The van der Waals surface area contributed by atoms with Gasteiger partial charge in [-0.25, -0.2) is 4.79 Å². The van der Waals surface area contributed by atoms with Crippen molar-refractivity contribution < 1.29 is 9.53 Å². The average Bonchev–Trinajstić information content (AvgIpc) is 2.15. The van der Waals surface area contributed by atoms with Gasteiger partial charge >= 0.3 is 5.97 Å². The van der Waals surface area contributed by atoms with Gasteiger partial charge in [-0.15, -0.1) is 0 Å². The van der Waals surface area contributed by atoms with Gasteiger partial charge in [-0.3, -0.25) is 0 Å². The predicted molar refractivity (Wildman–Crippen MR) is 71.9 cm³/mol. The van der Waals surface area contributed by atoms with Gasteiger partial charge in [-0.05, 0) is 34.4 Å². The molecule has 0 aromatic heterocycles. The fourth-order valence-corrected chi connectivity index (χ4v) is 1.21. The Labute approximate surface area is 106 Å². The molecule has 0 rings (SSSR count). The number of esters is 1. The first-order valence-corrected chi connectivity index (χ1v) is 6.16. The minimum atomic E-state index is -0.457. The SMILES string of the molecule is CCC(C)(C)C(C)(C)OC(=O)/C=C/CN(C)C. The summed E-state index contributed by atoms with van der Waals surface area (Å²) in [5.41, 5.74) is -0.487. The Morgan fingerprint density at radius 3 is 2.18 bits per heavy atom. The number of likely N-dealkylation sites (N-methyl/N-ethyl adjacent to an activating group) is 1. The van der Waals surface area contributed by atoms with Crippen LogP contribution in [0, 0.1) is 5.41 Å². The van der Waals surface area contributed by atoms with Crippen molar-refractivity contribution in [3.8, 4) is 0 Å². The molecule has 0 amide bonds. The Morgan fingerprint density at radius 1 is 1.24 bits per heavy atom. The number of ether oxygens (including phenoxy) is 1. The molecule has 3 heteroatoms. The number of nitrogens with zero attached hydrogens (tertiary/aromatic N) is 1. The molecule has 100 valence electrons. The second kappa shape index (κ2) is 6.20. The molecule has 0 N–H and O–H groups in total. The van der Waals surface area contributed by atoms with Crippen molar-refractivity contribution in [3.05, 3.63) is 12.2 Å².